The summed E-state index contributed by atoms with van der Waals surface area (Å²) in [7, 11) is -1.31. The van der Waals surface area contributed by atoms with Gasteiger partial charge in [0.1, 0.15) is 11.5 Å². The molecule has 0 aromatic heterocycles. The van der Waals surface area contributed by atoms with Gasteiger partial charge in [-0.25, -0.2) is 0 Å². The minimum atomic E-state index is -0.476. The molecule has 64 heavy (non-hydrogen) atoms. The Kier molecular flexibility index (Phi) is 18.1. The molecule has 0 radical (unpaired) electrons. The lowest BCUT2D eigenvalue weighted by Gasteiger charge is -2.37. The minimum Gasteiger partial charge on any atom is -0.494 e. The highest BCUT2D eigenvalue weighted by atomic mass is 79.9. The first-order valence-corrected chi connectivity index (χ1v) is 24.1. The highest BCUT2D eigenvalue weighted by Crippen LogP contribution is 2.43. The maximum atomic E-state index is 6.11. The van der Waals surface area contributed by atoms with Crippen LogP contribution in [0.1, 0.15) is 123 Å². The molecule has 0 N–H and O–H groups in total. The summed E-state index contributed by atoms with van der Waals surface area (Å²) >= 11 is 3.43. The number of ether oxygens (including phenoxy) is 6. The molecular weight excluding hydrogens is 881 g/mol. The summed E-state index contributed by atoms with van der Waals surface area (Å²) in [6, 6.07) is 15.9. The van der Waals surface area contributed by atoms with Crippen molar-refractivity contribution in [3.63, 3.8) is 0 Å². The van der Waals surface area contributed by atoms with Crippen LogP contribution in [-0.4, -0.2) is 121 Å². The molecule has 0 unspecified atom stereocenters. The van der Waals surface area contributed by atoms with Crippen molar-refractivity contribution in [1.82, 2.24) is 0 Å². The van der Waals surface area contributed by atoms with Gasteiger partial charge in [-0.05, 0) is 145 Å². The van der Waals surface area contributed by atoms with Gasteiger partial charge in [0.05, 0.1) is 86.5 Å². The molecule has 12 nitrogen and oxygen atoms in total. The third kappa shape index (κ3) is 14.4. The Balaban J connectivity index is 0.000000186. The zero-order valence-electron chi connectivity index (χ0n) is 41.5. The van der Waals surface area contributed by atoms with Crippen molar-refractivity contribution in [2.24, 2.45) is 10.8 Å². The molecule has 0 atom stereocenters. The Morgan fingerprint density at radius 3 is 1.20 bits per heavy atom. The summed E-state index contributed by atoms with van der Waals surface area (Å²) in [6.07, 6.45) is 4.01. The average molecular weight is 959 g/mol. The maximum absolute atomic E-state index is 6.11. The predicted octanol–water partition coefficient (Wildman–Crippen LogP) is 9.11. The SMILES string of the molecule is CC1(C)OB(B2OC(C)(C)C(C)(C)O2)OC1(C)C.CC1(COCCCCOc2cccc(B3OC(C)(C)C(C)(C)O3)c2)COC1.CC1(COCCCCOc2cccc(Br)c2)COC1. The average Bonchev–Trinajstić information content (AvgIpc) is 3.65. The molecule has 5 fully saturated rings. The normalized spacial score (nSPS) is 23.5. The van der Waals surface area contributed by atoms with E-state index in [-0.39, 0.29) is 51.6 Å². The van der Waals surface area contributed by atoms with Gasteiger partial charge in [-0.3, -0.25) is 0 Å². The van der Waals surface area contributed by atoms with E-state index >= 15 is 0 Å². The van der Waals surface area contributed by atoms with Gasteiger partial charge in [0.2, 0.25) is 0 Å². The zero-order chi connectivity index (χ0) is 47.1. The first-order valence-electron chi connectivity index (χ1n) is 23.3. The van der Waals surface area contributed by atoms with Gasteiger partial charge < -0.3 is 56.3 Å². The van der Waals surface area contributed by atoms with E-state index in [4.69, 9.17) is 56.3 Å². The Hall–Kier alpha value is -1.69. The van der Waals surface area contributed by atoms with Crippen molar-refractivity contribution >= 4 is 42.5 Å². The monoisotopic (exact) mass is 958 g/mol. The number of halogens is 1. The molecule has 16 heteroatoms. The molecule has 2 aromatic rings. The lowest BCUT2D eigenvalue weighted by Crippen LogP contribution is -2.43. The van der Waals surface area contributed by atoms with E-state index in [1.165, 1.54) is 0 Å². The van der Waals surface area contributed by atoms with Gasteiger partial charge in [-0.15, -0.1) is 0 Å². The third-order valence-electron chi connectivity index (χ3n) is 13.6. The van der Waals surface area contributed by atoms with E-state index < -0.39 is 14.0 Å². The molecule has 0 amide bonds. The van der Waals surface area contributed by atoms with Crippen LogP contribution in [0.15, 0.2) is 53.0 Å². The second-order valence-corrected chi connectivity index (χ2v) is 22.6. The Labute approximate surface area is 394 Å². The van der Waals surface area contributed by atoms with Crippen molar-refractivity contribution < 1.29 is 56.3 Å². The maximum Gasteiger partial charge on any atom is 0.494 e. The molecule has 0 spiro atoms. The van der Waals surface area contributed by atoms with E-state index in [2.05, 4.69) is 57.5 Å². The van der Waals surface area contributed by atoms with Gasteiger partial charge in [0.25, 0.3) is 0 Å². The summed E-state index contributed by atoms with van der Waals surface area (Å²) < 4.78 is 70.5. The van der Waals surface area contributed by atoms with E-state index in [0.717, 1.165) is 107 Å². The second kappa shape index (κ2) is 21.7. The van der Waals surface area contributed by atoms with Gasteiger partial charge in [-0.1, -0.05) is 48.0 Å². The van der Waals surface area contributed by atoms with Crippen LogP contribution in [0.3, 0.4) is 0 Å². The largest absolute Gasteiger partial charge is 0.494 e. The quantitative estimate of drug-likeness (QED) is 0.105. The molecule has 0 aliphatic carbocycles. The fourth-order valence-electron chi connectivity index (χ4n) is 6.98. The van der Waals surface area contributed by atoms with Crippen LogP contribution >= 0.6 is 15.9 Å². The van der Waals surface area contributed by atoms with Crippen LogP contribution in [0.25, 0.3) is 0 Å². The number of unbranched alkanes of at least 4 members (excludes halogenated alkanes) is 2. The molecule has 2 aromatic carbocycles. The Morgan fingerprint density at radius 1 is 0.469 bits per heavy atom. The topological polar surface area (TPSA) is 111 Å². The number of hydrogen-bond acceptors (Lipinski definition) is 12. The zero-order valence-corrected chi connectivity index (χ0v) is 43.1. The molecule has 5 heterocycles. The Bertz CT molecular complexity index is 1680. The predicted molar refractivity (Wildman–Crippen MR) is 257 cm³/mol. The van der Waals surface area contributed by atoms with Crippen LogP contribution < -0.4 is 14.9 Å². The molecular formula is C48H78B3BrO12. The van der Waals surface area contributed by atoms with Gasteiger partial charge in [0.15, 0.2) is 0 Å². The van der Waals surface area contributed by atoms with Crippen LogP contribution in [0.4, 0.5) is 0 Å². The summed E-state index contributed by atoms with van der Waals surface area (Å²) in [4.78, 5) is 0. The van der Waals surface area contributed by atoms with Crippen molar-refractivity contribution in [3.8, 4) is 11.5 Å². The van der Waals surface area contributed by atoms with Gasteiger partial charge in [0, 0.05) is 28.5 Å². The number of hydrogen-bond donors (Lipinski definition) is 0. The van der Waals surface area contributed by atoms with E-state index in [0.29, 0.717) is 6.61 Å². The number of rotatable bonds is 18. The van der Waals surface area contributed by atoms with E-state index in [1.807, 2.05) is 104 Å². The fraction of sp³-hybridized carbons (Fsp3) is 0.750. The van der Waals surface area contributed by atoms with Crippen molar-refractivity contribution in [1.29, 1.82) is 0 Å². The third-order valence-corrected chi connectivity index (χ3v) is 14.0. The first-order chi connectivity index (χ1) is 29.8. The van der Waals surface area contributed by atoms with Crippen LogP contribution in [-0.2, 0) is 46.9 Å². The molecule has 0 saturated carbocycles. The summed E-state index contributed by atoms with van der Waals surface area (Å²) in [5.74, 6) is 1.76. The van der Waals surface area contributed by atoms with Gasteiger partial charge >= 0.3 is 21.1 Å². The summed E-state index contributed by atoms with van der Waals surface area (Å²) in [5.41, 5.74) is -0.637. The van der Waals surface area contributed by atoms with Crippen LogP contribution in [0, 0.1) is 10.8 Å². The molecule has 5 aliphatic rings. The Morgan fingerprint density at radius 2 is 0.828 bits per heavy atom. The molecule has 358 valence electrons. The van der Waals surface area contributed by atoms with Crippen molar-refractivity contribution in [3.05, 3.63) is 53.0 Å². The lowest BCUT2D eigenvalue weighted by atomic mass is 9.49. The lowest BCUT2D eigenvalue weighted by molar-refractivity contribution is -0.138. The summed E-state index contributed by atoms with van der Waals surface area (Å²) in [5, 5.41) is 0. The van der Waals surface area contributed by atoms with Gasteiger partial charge in [-0.2, -0.15) is 0 Å². The van der Waals surface area contributed by atoms with E-state index in [1.54, 1.807) is 0 Å². The van der Waals surface area contributed by atoms with Crippen LogP contribution in [0.5, 0.6) is 11.5 Å². The molecule has 7 rings (SSSR count). The standard InChI is InChI=1S/C21H33BO5.C15H21BrO3.C12H24B2O4/c1-19(2)20(3,4)27-22(26-19)17-9-8-10-18(13-17)25-12-7-6-11-23-14-21(5)15-24-16-21;1-15(11-18-12-15)10-17-7-2-3-8-19-14-6-4-5-13(16)9-14;1-9(2)10(3,4)16-13(15-9)14-17-11(5,6)12(7,8)18-14/h8-10,13H,6-7,11-12,14-16H2,1-5H3;4-6,9H,2-3,7-8,10-12H2,1H3;1-8H3. The highest BCUT2D eigenvalue weighted by molar-refractivity contribution is 9.10. The van der Waals surface area contributed by atoms with Crippen molar-refractivity contribution in [2.45, 2.75) is 156 Å². The van der Waals surface area contributed by atoms with E-state index in [9.17, 15) is 0 Å². The van der Waals surface area contributed by atoms with Crippen molar-refractivity contribution in [2.75, 3.05) is 66.1 Å². The highest BCUT2D eigenvalue weighted by Gasteiger charge is 2.63. The fourth-order valence-corrected chi connectivity index (χ4v) is 7.36. The number of benzene rings is 2. The minimum absolute atomic E-state index is 0.227. The molecule has 5 saturated heterocycles. The summed E-state index contributed by atoms with van der Waals surface area (Å²) in [6.45, 7) is 36.7. The first kappa shape index (κ1) is 53.3. The smallest absolute Gasteiger partial charge is 0.494 e. The van der Waals surface area contributed by atoms with Crippen LogP contribution in [0.2, 0.25) is 0 Å². The molecule has 0 bridgehead atoms. The second-order valence-electron chi connectivity index (χ2n) is 21.7. The molecule has 5 aliphatic heterocycles.